The van der Waals surface area contributed by atoms with E-state index in [1.165, 1.54) is 12.2 Å². The predicted octanol–water partition coefficient (Wildman–Crippen LogP) is 2.78. The van der Waals surface area contributed by atoms with Crippen molar-refractivity contribution in [2.45, 2.75) is 10.4 Å². The molecule has 0 aromatic rings. The monoisotopic (exact) mass is 232 g/mol. The lowest BCUT2D eigenvalue weighted by Crippen LogP contribution is -2.32. The van der Waals surface area contributed by atoms with Crippen LogP contribution in [0.2, 0.25) is 0 Å². The van der Waals surface area contributed by atoms with E-state index in [9.17, 15) is 5.11 Å². The van der Waals surface area contributed by atoms with Gasteiger partial charge in [0.05, 0.1) is 10.1 Å². The Bertz CT molecular complexity index is 231. The molecule has 0 saturated carbocycles. The third-order valence-corrected chi connectivity index (χ3v) is 3.24. The van der Waals surface area contributed by atoms with E-state index in [4.69, 9.17) is 46.4 Å². The normalized spacial score (nSPS) is 38.1. The Labute approximate surface area is 84.2 Å². The van der Waals surface area contributed by atoms with Gasteiger partial charge in [-0.1, -0.05) is 34.8 Å². The summed E-state index contributed by atoms with van der Waals surface area (Å²) >= 11 is 22.4. The van der Waals surface area contributed by atoms with E-state index in [0.29, 0.717) is 5.03 Å². The van der Waals surface area contributed by atoms with Gasteiger partial charge in [-0.2, -0.15) is 0 Å². The Morgan fingerprint density at radius 1 is 1.45 bits per heavy atom. The minimum absolute atomic E-state index is 0.160. The summed E-state index contributed by atoms with van der Waals surface area (Å²) in [6, 6.07) is 0. The Morgan fingerprint density at radius 3 is 2.45 bits per heavy atom. The lowest BCUT2D eigenvalue weighted by atomic mass is 10.1. The molecule has 0 aromatic carbocycles. The van der Waals surface area contributed by atoms with Gasteiger partial charge in [-0.3, -0.25) is 0 Å². The average molecular weight is 234 g/mol. The maximum absolute atomic E-state index is 9.30. The molecule has 0 fully saturated rings. The summed E-state index contributed by atoms with van der Waals surface area (Å²) in [4.78, 5) is 0. The van der Waals surface area contributed by atoms with Crippen LogP contribution in [0.1, 0.15) is 0 Å². The summed E-state index contributed by atoms with van der Waals surface area (Å²) in [5, 5.41) is 7.25. The molecule has 1 aliphatic rings. The van der Waals surface area contributed by atoms with Crippen LogP contribution in [-0.4, -0.2) is 15.5 Å². The third-order valence-electron chi connectivity index (χ3n) is 1.27. The van der Waals surface area contributed by atoms with Crippen LogP contribution in [0, 0.1) is 0 Å². The molecule has 62 valence electrons. The molecule has 1 N–H and O–H groups in total. The minimum atomic E-state index is -1.63. The molecule has 11 heavy (non-hydrogen) atoms. The van der Waals surface area contributed by atoms with Crippen molar-refractivity contribution in [3.63, 3.8) is 0 Å². The van der Waals surface area contributed by atoms with Crippen LogP contribution in [-0.2, 0) is 0 Å². The fraction of sp³-hybridized carbons (Fsp3) is 0.333. The Hall–Kier alpha value is 0.600. The van der Waals surface area contributed by atoms with Crippen molar-refractivity contribution >= 4 is 46.4 Å². The number of halogens is 4. The van der Waals surface area contributed by atoms with Crippen LogP contribution in [0.3, 0.4) is 0 Å². The van der Waals surface area contributed by atoms with E-state index < -0.39 is 10.4 Å². The second-order valence-electron chi connectivity index (χ2n) is 2.12. The first kappa shape index (κ1) is 9.69. The average Bonchev–Trinajstić information content (AvgIpc) is 1.95. The lowest BCUT2D eigenvalue weighted by molar-refractivity contribution is 0.183. The third kappa shape index (κ3) is 1.85. The predicted molar refractivity (Wildman–Crippen MR) is 48.3 cm³/mol. The van der Waals surface area contributed by atoms with E-state index in [-0.39, 0.29) is 5.03 Å². The molecule has 0 aliphatic heterocycles. The zero-order valence-electron chi connectivity index (χ0n) is 5.19. The molecule has 2 unspecified atom stereocenters. The first-order valence-electron chi connectivity index (χ1n) is 2.75. The van der Waals surface area contributed by atoms with Gasteiger partial charge >= 0.3 is 0 Å². The quantitative estimate of drug-likeness (QED) is 0.639. The molecule has 0 aromatic heterocycles. The zero-order valence-corrected chi connectivity index (χ0v) is 8.21. The summed E-state index contributed by atoms with van der Waals surface area (Å²) in [5.41, 5.74) is 0. The SMILES string of the molecule is OC1(Cl)C=CC(Cl)=C(Cl)C1Cl. The Balaban J connectivity index is 3.01. The van der Waals surface area contributed by atoms with Crippen molar-refractivity contribution in [2.75, 3.05) is 0 Å². The molecule has 5 heteroatoms. The zero-order chi connectivity index (χ0) is 8.65. The molecule has 1 rings (SSSR count). The van der Waals surface area contributed by atoms with Gasteiger partial charge in [0.1, 0.15) is 5.38 Å². The van der Waals surface area contributed by atoms with E-state index in [1.54, 1.807) is 0 Å². The summed E-state index contributed by atoms with van der Waals surface area (Å²) in [6.07, 6.45) is 2.70. The Morgan fingerprint density at radius 2 is 2.00 bits per heavy atom. The highest BCUT2D eigenvalue weighted by molar-refractivity contribution is 6.47. The molecule has 0 radical (unpaired) electrons. The number of hydrogen-bond acceptors (Lipinski definition) is 1. The van der Waals surface area contributed by atoms with Crippen molar-refractivity contribution in [2.24, 2.45) is 0 Å². The van der Waals surface area contributed by atoms with Gasteiger partial charge in [0, 0.05) is 0 Å². The van der Waals surface area contributed by atoms with Gasteiger partial charge in [0.25, 0.3) is 0 Å². The second kappa shape index (κ2) is 3.15. The van der Waals surface area contributed by atoms with Gasteiger partial charge in [0.15, 0.2) is 5.06 Å². The summed E-state index contributed by atoms with van der Waals surface area (Å²) in [6.45, 7) is 0. The number of allylic oxidation sites excluding steroid dienone is 2. The minimum Gasteiger partial charge on any atom is -0.370 e. The molecule has 0 saturated heterocycles. The van der Waals surface area contributed by atoms with E-state index in [0.717, 1.165) is 0 Å². The van der Waals surface area contributed by atoms with Crippen LogP contribution >= 0.6 is 46.4 Å². The number of alkyl halides is 2. The van der Waals surface area contributed by atoms with Crippen molar-refractivity contribution in [3.05, 3.63) is 22.2 Å². The standard InChI is InChI=1S/C6H4Cl4O/c7-3-1-2-6(10,11)5(9)4(3)8/h1-2,5,11H. The van der Waals surface area contributed by atoms with Crippen LogP contribution in [0.25, 0.3) is 0 Å². The van der Waals surface area contributed by atoms with Crippen LogP contribution < -0.4 is 0 Å². The largest absolute Gasteiger partial charge is 0.370 e. The lowest BCUT2D eigenvalue weighted by Gasteiger charge is -2.25. The first-order chi connectivity index (χ1) is 4.95. The second-order valence-corrected chi connectivity index (χ2v) is 3.98. The summed E-state index contributed by atoms with van der Waals surface area (Å²) in [7, 11) is 0. The molecular weight excluding hydrogens is 230 g/mol. The molecule has 0 amide bonds. The van der Waals surface area contributed by atoms with Crippen molar-refractivity contribution in [1.82, 2.24) is 0 Å². The number of aliphatic hydroxyl groups is 1. The van der Waals surface area contributed by atoms with Crippen LogP contribution in [0.4, 0.5) is 0 Å². The van der Waals surface area contributed by atoms with Gasteiger partial charge in [-0.25, -0.2) is 0 Å². The first-order valence-corrected chi connectivity index (χ1v) is 4.32. The fourth-order valence-corrected chi connectivity index (χ4v) is 1.53. The summed E-state index contributed by atoms with van der Waals surface area (Å²) < 4.78 is 0. The maximum atomic E-state index is 9.30. The smallest absolute Gasteiger partial charge is 0.179 e. The number of rotatable bonds is 0. The van der Waals surface area contributed by atoms with Crippen molar-refractivity contribution in [1.29, 1.82) is 0 Å². The molecule has 0 heterocycles. The van der Waals surface area contributed by atoms with E-state index in [2.05, 4.69) is 0 Å². The highest BCUT2D eigenvalue weighted by Crippen LogP contribution is 2.37. The van der Waals surface area contributed by atoms with Crippen molar-refractivity contribution < 1.29 is 5.11 Å². The molecule has 1 aliphatic carbocycles. The van der Waals surface area contributed by atoms with Gasteiger partial charge in [-0.15, -0.1) is 11.6 Å². The molecule has 0 spiro atoms. The fourth-order valence-electron chi connectivity index (χ4n) is 0.653. The van der Waals surface area contributed by atoms with Crippen molar-refractivity contribution in [3.8, 4) is 0 Å². The molecule has 1 nitrogen and oxygen atoms in total. The van der Waals surface area contributed by atoms with E-state index in [1.807, 2.05) is 0 Å². The highest BCUT2D eigenvalue weighted by atomic mass is 35.5. The Kier molecular flexibility index (Phi) is 2.78. The molecule has 0 bridgehead atoms. The highest BCUT2D eigenvalue weighted by Gasteiger charge is 2.36. The van der Waals surface area contributed by atoms with E-state index >= 15 is 0 Å². The number of hydrogen-bond donors (Lipinski definition) is 1. The maximum Gasteiger partial charge on any atom is 0.179 e. The van der Waals surface area contributed by atoms with Crippen LogP contribution in [0.15, 0.2) is 22.2 Å². The topological polar surface area (TPSA) is 20.2 Å². The van der Waals surface area contributed by atoms with Gasteiger partial charge < -0.3 is 5.11 Å². The molecule has 2 atom stereocenters. The van der Waals surface area contributed by atoms with Gasteiger partial charge in [0.2, 0.25) is 0 Å². The van der Waals surface area contributed by atoms with Gasteiger partial charge in [-0.05, 0) is 12.2 Å². The molecular formula is C6H4Cl4O. The van der Waals surface area contributed by atoms with Crippen LogP contribution in [0.5, 0.6) is 0 Å². The summed E-state index contributed by atoms with van der Waals surface area (Å²) in [5.74, 6) is 0.